The number of benzene rings is 2. The highest BCUT2D eigenvalue weighted by atomic mass is 35.5. The van der Waals surface area contributed by atoms with Gasteiger partial charge in [-0.2, -0.15) is 4.98 Å². The zero-order chi connectivity index (χ0) is 26.3. The van der Waals surface area contributed by atoms with Crippen LogP contribution in [0.1, 0.15) is 29.3 Å². The van der Waals surface area contributed by atoms with E-state index in [9.17, 15) is 14.3 Å². The SMILES string of the molecule is CC[C@@](O)(c1ccc(F)cc1)C(F)(F)CNC(=O)c1c(Cl)ccc(-c2ccn3nc(N)nc3c2)c1F. The number of carbonyl (C=O) groups is 1. The Labute approximate surface area is 207 Å². The molecule has 0 radical (unpaired) electrons. The van der Waals surface area contributed by atoms with Gasteiger partial charge < -0.3 is 16.2 Å². The Morgan fingerprint density at radius 3 is 2.53 bits per heavy atom. The largest absolute Gasteiger partial charge is 0.379 e. The molecule has 0 aliphatic carbocycles. The summed E-state index contributed by atoms with van der Waals surface area (Å²) in [6.45, 7) is -0.0164. The van der Waals surface area contributed by atoms with Crippen LogP contribution < -0.4 is 11.1 Å². The molecule has 0 unspecified atom stereocenters. The quantitative estimate of drug-likeness (QED) is 0.309. The van der Waals surface area contributed by atoms with Crippen LogP contribution in [-0.4, -0.2) is 38.1 Å². The number of nitrogens with zero attached hydrogens (tertiary/aromatic N) is 3. The lowest BCUT2D eigenvalue weighted by atomic mass is 9.84. The molecule has 7 nitrogen and oxygen atoms in total. The number of rotatable bonds is 7. The van der Waals surface area contributed by atoms with Crippen molar-refractivity contribution < 1.29 is 27.5 Å². The third-order valence-corrected chi connectivity index (χ3v) is 6.21. The van der Waals surface area contributed by atoms with Crippen LogP contribution in [0.4, 0.5) is 23.5 Å². The fraction of sp³-hybridized carbons (Fsp3) is 0.208. The molecule has 0 spiro atoms. The molecule has 36 heavy (non-hydrogen) atoms. The molecule has 12 heteroatoms. The van der Waals surface area contributed by atoms with Gasteiger partial charge in [-0.15, -0.1) is 5.10 Å². The Balaban J connectivity index is 1.61. The average molecular weight is 522 g/mol. The first kappa shape index (κ1) is 25.4. The first-order valence-electron chi connectivity index (χ1n) is 10.7. The minimum absolute atomic E-state index is 0.0115. The van der Waals surface area contributed by atoms with Gasteiger partial charge in [-0.05, 0) is 53.9 Å². The molecule has 4 rings (SSSR count). The van der Waals surface area contributed by atoms with Crippen molar-refractivity contribution in [3.63, 3.8) is 0 Å². The van der Waals surface area contributed by atoms with Gasteiger partial charge in [0, 0.05) is 11.8 Å². The number of halogens is 5. The number of fused-ring (bicyclic) bond motifs is 1. The van der Waals surface area contributed by atoms with Crippen LogP contribution in [0.25, 0.3) is 16.8 Å². The highest BCUT2D eigenvalue weighted by Crippen LogP contribution is 2.40. The minimum Gasteiger partial charge on any atom is -0.379 e. The third-order valence-electron chi connectivity index (χ3n) is 5.89. The number of nitrogens with two attached hydrogens (primary N) is 1. The maximum atomic E-state index is 15.4. The molecule has 4 aromatic rings. The van der Waals surface area contributed by atoms with Gasteiger partial charge in [0.25, 0.3) is 11.8 Å². The number of hydrogen-bond donors (Lipinski definition) is 3. The number of alkyl halides is 2. The number of carbonyl (C=O) groups excluding carboxylic acids is 1. The van der Waals surface area contributed by atoms with Crippen molar-refractivity contribution in [3.8, 4) is 11.1 Å². The lowest BCUT2D eigenvalue weighted by Gasteiger charge is -2.35. The Hall–Kier alpha value is -3.70. The number of anilines is 1. The maximum absolute atomic E-state index is 15.4. The molecule has 1 amide bonds. The van der Waals surface area contributed by atoms with Crippen LogP contribution in [0.15, 0.2) is 54.7 Å². The summed E-state index contributed by atoms with van der Waals surface area (Å²) in [5.74, 6) is -6.79. The van der Waals surface area contributed by atoms with E-state index in [-0.39, 0.29) is 22.1 Å². The van der Waals surface area contributed by atoms with Crippen molar-refractivity contribution >= 4 is 29.1 Å². The second kappa shape index (κ2) is 9.40. The summed E-state index contributed by atoms with van der Waals surface area (Å²) >= 11 is 6.04. The molecule has 1 atom stereocenters. The Kier molecular flexibility index (Phi) is 6.63. The summed E-state index contributed by atoms with van der Waals surface area (Å²) in [5, 5.41) is 16.3. The van der Waals surface area contributed by atoms with Crippen molar-refractivity contribution in [2.75, 3.05) is 12.3 Å². The maximum Gasteiger partial charge on any atom is 0.297 e. The zero-order valence-electron chi connectivity index (χ0n) is 18.8. The van der Waals surface area contributed by atoms with Gasteiger partial charge in [0.15, 0.2) is 11.2 Å². The molecule has 0 aliphatic rings. The van der Waals surface area contributed by atoms with Gasteiger partial charge in [-0.3, -0.25) is 4.79 Å². The molecular formula is C24H20ClF4N5O2. The molecule has 2 heterocycles. The molecule has 188 valence electrons. The molecule has 0 aliphatic heterocycles. The van der Waals surface area contributed by atoms with Crippen LogP contribution in [-0.2, 0) is 5.60 Å². The van der Waals surface area contributed by atoms with Crippen molar-refractivity contribution in [3.05, 3.63) is 82.5 Å². The summed E-state index contributed by atoms with van der Waals surface area (Å²) in [4.78, 5) is 16.8. The van der Waals surface area contributed by atoms with Gasteiger partial charge in [0.1, 0.15) is 11.6 Å². The Morgan fingerprint density at radius 2 is 1.86 bits per heavy atom. The average Bonchev–Trinajstić information content (AvgIpc) is 3.22. The van der Waals surface area contributed by atoms with E-state index in [0.717, 1.165) is 24.3 Å². The van der Waals surface area contributed by atoms with Crippen molar-refractivity contribution in [2.45, 2.75) is 24.9 Å². The second-order valence-corrected chi connectivity index (χ2v) is 8.49. The summed E-state index contributed by atoms with van der Waals surface area (Å²) in [6, 6.07) is 9.54. The summed E-state index contributed by atoms with van der Waals surface area (Å²) in [7, 11) is 0. The predicted octanol–water partition coefficient (Wildman–Crippen LogP) is 4.57. The number of pyridine rings is 1. The van der Waals surface area contributed by atoms with Gasteiger partial charge >= 0.3 is 0 Å². The lowest BCUT2D eigenvalue weighted by Crippen LogP contribution is -2.52. The third kappa shape index (κ3) is 4.47. The standard InChI is InChI=1S/C24H20ClF4N5O2/c1-2-23(36,14-3-5-15(26)6-4-14)24(28,29)12-31-21(35)19-17(25)8-7-16(20(19)27)13-9-10-34-18(11-13)32-22(30)33-34/h3-11,36H,2,12H2,1H3,(H2,30,33)(H,31,35)/t23-/m1/s1. The summed E-state index contributed by atoms with van der Waals surface area (Å²) < 4.78 is 60.3. The number of nitrogen functional groups attached to an aromatic ring is 1. The molecule has 0 saturated heterocycles. The number of nitrogens with one attached hydrogen (secondary N) is 1. The molecule has 0 fully saturated rings. The molecular weight excluding hydrogens is 502 g/mol. The van der Waals surface area contributed by atoms with E-state index in [1.54, 1.807) is 0 Å². The van der Waals surface area contributed by atoms with Crippen molar-refractivity contribution in [1.29, 1.82) is 0 Å². The molecule has 2 aromatic heterocycles. The highest BCUT2D eigenvalue weighted by Gasteiger charge is 2.52. The predicted molar refractivity (Wildman–Crippen MR) is 126 cm³/mol. The fourth-order valence-electron chi connectivity index (χ4n) is 3.88. The van der Waals surface area contributed by atoms with Crippen LogP contribution in [0.5, 0.6) is 0 Å². The van der Waals surface area contributed by atoms with E-state index in [0.29, 0.717) is 11.2 Å². The molecule has 2 aromatic carbocycles. The Morgan fingerprint density at radius 1 is 1.17 bits per heavy atom. The highest BCUT2D eigenvalue weighted by molar-refractivity contribution is 6.34. The van der Waals surface area contributed by atoms with Gasteiger partial charge in [-0.25, -0.2) is 22.1 Å². The Bertz CT molecular complexity index is 1440. The van der Waals surface area contributed by atoms with Gasteiger partial charge in [0.05, 0.1) is 17.1 Å². The first-order chi connectivity index (χ1) is 17.0. The normalized spacial score (nSPS) is 13.5. The van der Waals surface area contributed by atoms with Crippen LogP contribution >= 0.6 is 11.6 Å². The van der Waals surface area contributed by atoms with Gasteiger partial charge in [-0.1, -0.05) is 30.7 Å². The van der Waals surface area contributed by atoms with E-state index >= 15 is 13.2 Å². The van der Waals surface area contributed by atoms with Crippen LogP contribution in [0, 0.1) is 11.6 Å². The second-order valence-electron chi connectivity index (χ2n) is 8.08. The molecule has 0 saturated carbocycles. The molecule has 4 N–H and O–H groups in total. The first-order valence-corrected chi connectivity index (χ1v) is 11.1. The van der Waals surface area contributed by atoms with E-state index in [1.165, 1.54) is 41.9 Å². The van der Waals surface area contributed by atoms with Crippen LogP contribution in [0.2, 0.25) is 5.02 Å². The summed E-state index contributed by atoms with van der Waals surface area (Å²) in [6.07, 6.45) is 1.05. The topological polar surface area (TPSA) is 106 Å². The van der Waals surface area contributed by atoms with E-state index in [4.69, 9.17) is 17.3 Å². The number of amides is 1. The minimum atomic E-state index is -3.89. The smallest absolute Gasteiger partial charge is 0.297 e. The fourth-order valence-corrected chi connectivity index (χ4v) is 4.11. The summed E-state index contributed by atoms with van der Waals surface area (Å²) in [5.41, 5.74) is 2.58. The number of aromatic nitrogens is 3. The van der Waals surface area contributed by atoms with Crippen LogP contribution in [0.3, 0.4) is 0 Å². The van der Waals surface area contributed by atoms with E-state index in [2.05, 4.69) is 10.1 Å². The number of hydrogen-bond acceptors (Lipinski definition) is 5. The van der Waals surface area contributed by atoms with Crippen molar-refractivity contribution in [1.82, 2.24) is 19.9 Å². The lowest BCUT2D eigenvalue weighted by molar-refractivity contribution is -0.185. The molecule has 0 bridgehead atoms. The van der Waals surface area contributed by atoms with Crippen molar-refractivity contribution in [2.24, 2.45) is 0 Å². The van der Waals surface area contributed by atoms with E-state index in [1.807, 2.05) is 5.32 Å². The van der Waals surface area contributed by atoms with Gasteiger partial charge in [0.2, 0.25) is 5.95 Å². The zero-order valence-corrected chi connectivity index (χ0v) is 19.5. The monoisotopic (exact) mass is 521 g/mol. The van der Waals surface area contributed by atoms with E-state index < -0.39 is 47.6 Å². The number of aliphatic hydroxyl groups is 1.